The summed E-state index contributed by atoms with van der Waals surface area (Å²) in [6, 6.07) is 66.5. The molecule has 1 aliphatic rings. The molecule has 0 bridgehead atoms. The van der Waals surface area contributed by atoms with Gasteiger partial charge < -0.3 is 10.0 Å². The fraction of sp³-hybridized carbons (Fsp3) is 0.0678. The fourth-order valence-electron chi connectivity index (χ4n) is 7.98. The molecule has 8 heteroatoms. The number of thiophene rings is 1. The first-order valence-electron chi connectivity index (χ1n) is 22.0. The van der Waals surface area contributed by atoms with E-state index in [-0.39, 0.29) is 17.4 Å². The van der Waals surface area contributed by atoms with Crippen molar-refractivity contribution < 1.29 is 14.7 Å². The summed E-state index contributed by atoms with van der Waals surface area (Å²) in [7, 11) is 0. The Kier molecular flexibility index (Phi) is 13.4. The molecule has 0 saturated carbocycles. The number of rotatable bonds is 13. The zero-order valence-electron chi connectivity index (χ0n) is 37.3. The van der Waals surface area contributed by atoms with E-state index in [1.54, 1.807) is 17.4 Å². The standard InChI is InChI=1S/C59H47N3O3S2/c1-39-11-10-16-47(33-39)53(44-12-6-4-7-13-44)35-42-18-25-49(26-19-42)62(50-27-20-43(21-28-50)36-54(45-14-8-5-9-15-45)48-22-17-40(2)41(3)34-48)51-29-23-46(24-30-51)56-32-31-52(67-56)37-55-58(65)61-59(60-55)66-38-57(63)64/h4-37H,38H2,1-3H3,(H,63,64)(H,60,61,65)/b53-35+,54-36+,55-37-. The van der Waals surface area contributed by atoms with Gasteiger partial charge in [-0.1, -0.05) is 157 Å². The van der Waals surface area contributed by atoms with E-state index in [0.717, 1.165) is 72.0 Å². The summed E-state index contributed by atoms with van der Waals surface area (Å²) in [5, 5.41) is 12.0. The summed E-state index contributed by atoms with van der Waals surface area (Å²) < 4.78 is 0. The molecular formula is C59H47N3O3S2. The first-order chi connectivity index (χ1) is 32.6. The Hall–Kier alpha value is -7.78. The second-order valence-corrected chi connectivity index (χ2v) is 18.4. The van der Waals surface area contributed by atoms with Crippen molar-refractivity contribution in [2.24, 2.45) is 4.99 Å². The Morgan fingerprint density at radius 1 is 0.612 bits per heavy atom. The number of nitrogens with zero attached hydrogens (tertiary/aromatic N) is 2. The van der Waals surface area contributed by atoms with E-state index in [9.17, 15) is 9.59 Å². The molecule has 0 aliphatic carbocycles. The van der Waals surface area contributed by atoms with Gasteiger partial charge in [0, 0.05) is 26.8 Å². The minimum atomic E-state index is -0.971. The van der Waals surface area contributed by atoms with Crippen molar-refractivity contribution in [3.8, 4) is 10.4 Å². The van der Waals surface area contributed by atoms with Gasteiger partial charge in [0.05, 0.1) is 5.75 Å². The number of carbonyl (C=O) groups is 2. The highest BCUT2D eigenvalue weighted by Crippen LogP contribution is 2.39. The Balaban J connectivity index is 1.06. The van der Waals surface area contributed by atoms with Gasteiger partial charge in [-0.25, -0.2) is 4.99 Å². The molecular weight excluding hydrogens is 863 g/mol. The molecule has 0 fully saturated rings. The average Bonchev–Trinajstić information content (AvgIpc) is 3.97. The largest absolute Gasteiger partial charge is 0.481 e. The number of carboxylic acid groups (broad SMARTS) is 1. The van der Waals surface area contributed by atoms with Gasteiger partial charge in [0.2, 0.25) is 0 Å². The van der Waals surface area contributed by atoms with Gasteiger partial charge in [0.25, 0.3) is 5.91 Å². The SMILES string of the molecule is Cc1cccc(/C(=C/c2ccc(N(c3ccc(/C=C(\c4ccccc4)c4ccc(C)c(C)c4)cc3)c3ccc(-c4ccc(/C=C5\N=C(SCC(=O)O)NC5=O)s4)cc3)cc2)c2ccccc2)c1. The molecule has 7 aromatic carbocycles. The number of amidine groups is 1. The predicted octanol–water partition coefficient (Wildman–Crippen LogP) is 14.6. The third kappa shape index (κ3) is 10.7. The van der Waals surface area contributed by atoms with E-state index >= 15 is 0 Å². The third-order valence-corrected chi connectivity index (χ3v) is 13.5. The maximum Gasteiger partial charge on any atom is 0.313 e. The molecule has 0 unspecified atom stereocenters. The van der Waals surface area contributed by atoms with E-state index in [2.05, 4.69) is 224 Å². The highest BCUT2D eigenvalue weighted by molar-refractivity contribution is 8.14. The number of thioether (sulfide) groups is 1. The zero-order valence-corrected chi connectivity index (χ0v) is 38.9. The van der Waals surface area contributed by atoms with E-state index in [1.807, 2.05) is 12.1 Å². The van der Waals surface area contributed by atoms with Crippen LogP contribution in [0.2, 0.25) is 0 Å². The number of nitrogens with one attached hydrogen (secondary N) is 1. The van der Waals surface area contributed by atoms with Crippen LogP contribution in [0, 0.1) is 20.8 Å². The highest BCUT2D eigenvalue weighted by atomic mass is 32.2. The van der Waals surface area contributed by atoms with Gasteiger partial charge in [-0.3, -0.25) is 14.9 Å². The minimum Gasteiger partial charge on any atom is -0.481 e. The number of anilines is 3. The number of hydrogen-bond acceptors (Lipinski definition) is 6. The maximum absolute atomic E-state index is 12.6. The van der Waals surface area contributed by atoms with Crippen molar-refractivity contribution in [2.45, 2.75) is 20.8 Å². The predicted molar refractivity (Wildman–Crippen MR) is 282 cm³/mol. The minimum absolute atomic E-state index is 0.178. The molecule has 6 nitrogen and oxygen atoms in total. The number of carbonyl (C=O) groups excluding carboxylic acids is 1. The number of aliphatic imine (C=N–C) groups is 1. The third-order valence-electron chi connectivity index (χ3n) is 11.6. The summed E-state index contributed by atoms with van der Waals surface area (Å²) in [6.45, 7) is 6.44. The number of amides is 1. The first-order valence-corrected chi connectivity index (χ1v) is 23.8. The second-order valence-electron chi connectivity index (χ2n) is 16.4. The van der Waals surface area contributed by atoms with Crippen LogP contribution in [0.15, 0.2) is 199 Å². The van der Waals surface area contributed by atoms with Crippen LogP contribution >= 0.6 is 23.1 Å². The van der Waals surface area contributed by atoms with Crippen molar-refractivity contribution in [1.29, 1.82) is 0 Å². The van der Waals surface area contributed by atoms with Gasteiger partial charge in [0.1, 0.15) is 5.70 Å². The molecule has 2 heterocycles. The molecule has 328 valence electrons. The highest BCUT2D eigenvalue weighted by Gasteiger charge is 2.22. The average molecular weight is 910 g/mol. The maximum atomic E-state index is 12.6. The van der Waals surface area contributed by atoms with Gasteiger partial charge in [-0.05, 0) is 149 Å². The van der Waals surface area contributed by atoms with Crippen LogP contribution in [0.25, 0.3) is 39.8 Å². The van der Waals surface area contributed by atoms with Crippen LogP contribution in [0.4, 0.5) is 17.1 Å². The Labute approximate surface area is 400 Å². The van der Waals surface area contributed by atoms with Crippen LogP contribution in [-0.4, -0.2) is 27.9 Å². The van der Waals surface area contributed by atoms with Gasteiger partial charge in [0.15, 0.2) is 5.17 Å². The van der Waals surface area contributed by atoms with Crippen LogP contribution in [0.3, 0.4) is 0 Å². The molecule has 0 atom stereocenters. The lowest BCUT2D eigenvalue weighted by molar-refractivity contribution is -0.133. The van der Waals surface area contributed by atoms with Crippen molar-refractivity contribution in [2.75, 3.05) is 10.7 Å². The van der Waals surface area contributed by atoms with E-state index in [4.69, 9.17) is 5.11 Å². The summed E-state index contributed by atoms with van der Waals surface area (Å²) in [6.07, 6.45) is 6.28. The number of aliphatic carboxylic acids is 1. The topological polar surface area (TPSA) is 82.0 Å². The molecule has 1 aliphatic heterocycles. The molecule has 0 radical (unpaired) electrons. The van der Waals surface area contributed by atoms with Crippen LogP contribution < -0.4 is 10.2 Å². The summed E-state index contributed by atoms with van der Waals surface area (Å²) in [5.41, 5.74) is 17.3. The smallest absolute Gasteiger partial charge is 0.313 e. The Bertz CT molecular complexity index is 3200. The molecule has 9 rings (SSSR count). The fourth-order valence-corrected chi connectivity index (χ4v) is 9.52. The van der Waals surface area contributed by atoms with Crippen LogP contribution in [0.5, 0.6) is 0 Å². The molecule has 67 heavy (non-hydrogen) atoms. The molecule has 1 aromatic heterocycles. The molecule has 1 amide bonds. The van der Waals surface area contributed by atoms with Crippen LogP contribution in [0.1, 0.15) is 54.9 Å². The summed E-state index contributed by atoms with van der Waals surface area (Å²) >= 11 is 2.55. The van der Waals surface area contributed by atoms with Crippen molar-refractivity contribution in [1.82, 2.24) is 5.32 Å². The van der Waals surface area contributed by atoms with Gasteiger partial charge >= 0.3 is 5.97 Å². The summed E-state index contributed by atoms with van der Waals surface area (Å²) in [5.74, 6) is -1.50. The lowest BCUT2D eigenvalue weighted by atomic mass is 9.93. The quantitative estimate of drug-likeness (QED) is 0.0890. The Morgan fingerprint density at radius 3 is 1.72 bits per heavy atom. The lowest BCUT2D eigenvalue weighted by Gasteiger charge is -2.26. The zero-order chi connectivity index (χ0) is 46.3. The van der Waals surface area contributed by atoms with Crippen molar-refractivity contribution >= 4 is 86.6 Å². The van der Waals surface area contributed by atoms with E-state index in [0.29, 0.717) is 5.17 Å². The van der Waals surface area contributed by atoms with Crippen LogP contribution in [-0.2, 0) is 9.59 Å². The Morgan fingerprint density at radius 2 is 1.16 bits per heavy atom. The molecule has 8 aromatic rings. The monoisotopic (exact) mass is 909 g/mol. The first kappa shape index (κ1) is 44.4. The van der Waals surface area contributed by atoms with E-state index in [1.165, 1.54) is 33.4 Å². The van der Waals surface area contributed by atoms with Crippen molar-refractivity contribution in [3.05, 3.63) is 249 Å². The van der Waals surface area contributed by atoms with Gasteiger partial charge in [-0.15, -0.1) is 11.3 Å². The number of aryl methyl sites for hydroxylation is 3. The second kappa shape index (κ2) is 20.2. The normalized spacial score (nSPS) is 13.4. The lowest BCUT2D eigenvalue weighted by Crippen LogP contribution is -2.22. The molecule has 2 N–H and O–H groups in total. The number of hydrogen-bond donors (Lipinski definition) is 2. The van der Waals surface area contributed by atoms with E-state index < -0.39 is 5.97 Å². The summed E-state index contributed by atoms with van der Waals surface area (Å²) in [4.78, 5) is 32.1. The number of benzene rings is 7. The molecule has 0 saturated heterocycles. The molecule has 0 spiro atoms. The van der Waals surface area contributed by atoms with Gasteiger partial charge in [-0.2, -0.15) is 0 Å². The van der Waals surface area contributed by atoms with Crippen molar-refractivity contribution in [3.63, 3.8) is 0 Å². The number of carboxylic acids is 1.